The number of anilines is 1. The van der Waals surface area contributed by atoms with Crippen LogP contribution in [0.1, 0.15) is 23.2 Å². The van der Waals surface area contributed by atoms with Crippen molar-refractivity contribution < 1.29 is 23.1 Å². The highest BCUT2D eigenvalue weighted by atomic mass is 32.2. The minimum Gasteiger partial charge on any atom is -0.478 e. The van der Waals surface area contributed by atoms with Crippen LogP contribution in [0.15, 0.2) is 11.4 Å². The van der Waals surface area contributed by atoms with Gasteiger partial charge in [-0.05, 0) is 24.3 Å². The molecule has 1 atom stereocenters. The Kier molecular flexibility index (Phi) is 4.64. The highest BCUT2D eigenvalue weighted by Crippen LogP contribution is 2.26. The molecule has 2 heterocycles. The highest BCUT2D eigenvalue weighted by Gasteiger charge is 2.30. The van der Waals surface area contributed by atoms with Gasteiger partial charge in [0, 0.05) is 13.1 Å². The molecule has 0 aromatic carbocycles. The minimum atomic E-state index is -3.31. The molecule has 1 aromatic rings. The number of nitrogens with zero attached hydrogens (tertiary/aromatic N) is 1. The van der Waals surface area contributed by atoms with Gasteiger partial charge in [0.1, 0.15) is 5.00 Å². The molecule has 1 aromatic heterocycles. The molecule has 1 fully saturated rings. The normalized spacial score (nSPS) is 20.1. The molecule has 7 nitrogen and oxygen atoms in total. The summed E-state index contributed by atoms with van der Waals surface area (Å²) in [5, 5.41) is 13.5. The van der Waals surface area contributed by atoms with E-state index in [0.717, 1.165) is 17.6 Å². The van der Waals surface area contributed by atoms with Gasteiger partial charge in [-0.15, -0.1) is 11.3 Å². The minimum absolute atomic E-state index is 0.0455. The molecule has 0 spiro atoms. The zero-order chi connectivity index (χ0) is 15.6. The standard InChI is InChI=1S/C12H16N2O5S2/c1-21(18,19)14-5-2-3-8(7-14)10(15)13-11-9(12(16)17)4-6-20-11/h4,6,8H,2-3,5,7H2,1H3,(H,13,15)(H,16,17). The Morgan fingerprint density at radius 3 is 2.81 bits per heavy atom. The maximum Gasteiger partial charge on any atom is 0.338 e. The van der Waals surface area contributed by atoms with Crippen LogP contribution in [0.3, 0.4) is 0 Å². The van der Waals surface area contributed by atoms with Crippen LogP contribution in [0.2, 0.25) is 0 Å². The lowest BCUT2D eigenvalue weighted by atomic mass is 9.99. The number of amides is 1. The Labute approximate surface area is 126 Å². The van der Waals surface area contributed by atoms with Crippen molar-refractivity contribution in [1.29, 1.82) is 0 Å². The first-order valence-corrected chi connectivity index (χ1v) is 9.08. The Morgan fingerprint density at radius 2 is 2.19 bits per heavy atom. The van der Waals surface area contributed by atoms with Crippen LogP contribution in [0.5, 0.6) is 0 Å². The van der Waals surface area contributed by atoms with Crippen molar-refractivity contribution in [2.24, 2.45) is 5.92 Å². The first-order valence-electron chi connectivity index (χ1n) is 6.36. The molecule has 0 aliphatic carbocycles. The van der Waals surface area contributed by atoms with E-state index in [1.54, 1.807) is 5.38 Å². The van der Waals surface area contributed by atoms with Crippen LogP contribution >= 0.6 is 11.3 Å². The number of hydrogen-bond acceptors (Lipinski definition) is 5. The topological polar surface area (TPSA) is 104 Å². The molecule has 116 valence electrons. The van der Waals surface area contributed by atoms with Crippen molar-refractivity contribution in [3.8, 4) is 0 Å². The second-order valence-electron chi connectivity index (χ2n) is 4.92. The third-order valence-electron chi connectivity index (χ3n) is 3.36. The van der Waals surface area contributed by atoms with Crippen molar-refractivity contribution in [1.82, 2.24) is 4.31 Å². The SMILES string of the molecule is CS(=O)(=O)N1CCCC(C(=O)Nc2sccc2C(=O)O)C1. The Bertz CT molecular complexity index is 652. The molecule has 2 N–H and O–H groups in total. The average Bonchev–Trinajstić information content (AvgIpc) is 2.86. The Morgan fingerprint density at radius 1 is 1.48 bits per heavy atom. The predicted molar refractivity (Wildman–Crippen MR) is 79.0 cm³/mol. The first-order chi connectivity index (χ1) is 9.79. The van der Waals surface area contributed by atoms with Gasteiger partial charge in [-0.2, -0.15) is 0 Å². The molecule has 1 saturated heterocycles. The van der Waals surface area contributed by atoms with Gasteiger partial charge in [0.05, 0.1) is 17.7 Å². The molecule has 9 heteroatoms. The summed E-state index contributed by atoms with van der Waals surface area (Å²) in [6, 6.07) is 1.42. The second kappa shape index (κ2) is 6.12. The number of nitrogens with one attached hydrogen (secondary N) is 1. The quantitative estimate of drug-likeness (QED) is 0.858. The monoisotopic (exact) mass is 332 g/mol. The molecule has 1 amide bonds. The number of hydrogen-bond donors (Lipinski definition) is 2. The number of carboxylic acid groups (broad SMARTS) is 1. The number of carbonyl (C=O) groups is 2. The predicted octanol–water partition coefficient (Wildman–Crippen LogP) is 1.06. The Balaban J connectivity index is 2.06. The zero-order valence-corrected chi connectivity index (χ0v) is 13.0. The van der Waals surface area contributed by atoms with E-state index in [-0.39, 0.29) is 23.0 Å². The van der Waals surface area contributed by atoms with Gasteiger partial charge < -0.3 is 10.4 Å². The van der Waals surface area contributed by atoms with E-state index in [1.165, 1.54) is 10.4 Å². The summed E-state index contributed by atoms with van der Waals surface area (Å²) in [5.74, 6) is -1.90. The fraction of sp³-hybridized carbons (Fsp3) is 0.500. The fourth-order valence-electron chi connectivity index (χ4n) is 2.25. The molecular weight excluding hydrogens is 316 g/mol. The van der Waals surface area contributed by atoms with Crippen molar-refractivity contribution in [3.63, 3.8) is 0 Å². The van der Waals surface area contributed by atoms with Gasteiger partial charge in [0.2, 0.25) is 15.9 Å². The van der Waals surface area contributed by atoms with E-state index in [0.29, 0.717) is 19.4 Å². The molecular formula is C12H16N2O5S2. The van der Waals surface area contributed by atoms with Crippen LogP contribution in [-0.4, -0.2) is 49.1 Å². The van der Waals surface area contributed by atoms with Crippen molar-refractivity contribution in [3.05, 3.63) is 17.0 Å². The van der Waals surface area contributed by atoms with E-state index >= 15 is 0 Å². The third-order valence-corrected chi connectivity index (χ3v) is 5.46. The van der Waals surface area contributed by atoms with Crippen molar-refractivity contribution >= 4 is 38.2 Å². The smallest absolute Gasteiger partial charge is 0.338 e. The van der Waals surface area contributed by atoms with Gasteiger partial charge in [-0.1, -0.05) is 0 Å². The summed E-state index contributed by atoms with van der Waals surface area (Å²) in [6.45, 7) is 0.556. The van der Waals surface area contributed by atoms with Crippen LogP contribution in [0.25, 0.3) is 0 Å². The number of rotatable bonds is 4. The van der Waals surface area contributed by atoms with Crippen LogP contribution in [-0.2, 0) is 14.8 Å². The highest BCUT2D eigenvalue weighted by molar-refractivity contribution is 7.88. The van der Waals surface area contributed by atoms with E-state index in [4.69, 9.17) is 5.11 Å². The molecule has 1 aliphatic rings. The lowest BCUT2D eigenvalue weighted by molar-refractivity contribution is -0.120. The first kappa shape index (κ1) is 15.9. The number of aromatic carboxylic acids is 1. The van der Waals surface area contributed by atoms with Crippen LogP contribution < -0.4 is 5.32 Å². The molecule has 2 rings (SSSR count). The summed E-state index contributed by atoms with van der Waals surface area (Å²) in [5.41, 5.74) is 0.0455. The van der Waals surface area contributed by atoms with E-state index in [1.807, 2.05) is 0 Å². The average molecular weight is 332 g/mol. The van der Waals surface area contributed by atoms with E-state index in [2.05, 4.69) is 5.32 Å². The molecule has 0 bridgehead atoms. The molecule has 0 radical (unpaired) electrons. The van der Waals surface area contributed by atoms with E-state index < -0.39 is 21.9 Å². The number of carboxylic acids is 1. The Hall–Kier alpha value is -1.45. The van der Waals surface area contributed by atoms with Gasteiger partial charge in [-0.25, -0.2) is 17.5 Å². The number of sulfonamides is 1. The molecule has 0 saturated carbocycles. The summed E-state index contributed by atoms with van der Waals surface area (Å²) in [7, 11) is -3.31. The third kappa shape index (κ3) is 3.80. The number of carbonyl (C=O) groups excluding carboxylic acids is 1. The van der Waals surface area contributed by atoms with Crippen molar-refractivity contribution in [2.45, 2.75) is 12.8 Å². The second-order valence-corrected chi connectivity index (χ2v) is 7.82. The molecule has 1 unspecified atom stereocenters. The lowest BCUT2D eigenvalue weighted by Crippen LogP contribution is -2.43. The lowest BCUT2D eigenvalue weighted by Gasteiger charge is -2.30. The number of thiophene rings is 1. The van der Waals surface area contributed by atoms with Gasteiger partial charge in [0.15, 0.2) is 0 Å². The summed E-state index contributed by atoms with van der Waals surface area (Å²) < 4.78 is 24.4. The summed E-state index contributed by atoms with van der Waals surface area (Å²) >= 11 is 1.13. The zero-order valence-electron chi connectivity index (χ0n) is 11.4. The van der Waals surface area contributed by atoms with Gasteiger partial charge in [0.25, 0.3) is 0 Å². The van der Waals surface area contributed by atoms with Crippen LogP contribution in [0, 0.1) is 5.92 Å². The molecule has 1 aliphatic heterocycles. The molecule has 21 heavy (non-hydrogen) atoms. The van der Waals surface area contributed by atoms with Crippen molar-refractivity contribution in [2.75, 3.05) is 24.7 Å². The van der Waals surface area contributed by atoms with E-state index in [9.17, 15) is 18.0 Å². The maximum absolute atomic E-state index is 12.2. The fourth-order valence-corrected chi connectivity index (χ4v) is 3.94. The maximum atomic E-state index is 12.2. The van der Waals surface area contributed by atoms with Gasteiger partial charge >= 0.3 is 5.97 Å². The number of piperidine rings is 1. The van der Waals surface area contributed by atoms with Crippen LogP contribution in [0.4, 0.5) is 5.00 Å². The largest absolute Gasteiger partial charge is 0.478 e. The summed E-state index contributed by atoms with van der Waals surface area (Å²) in [4.78, 5) is 23.2. The summed E-state index contributed by atoms with van der Waals surface area (Å²) in [6.07, 6.45) is 2.32. The van der Waals surface area contributed by atoms with Gasteiger partial charge in [-0.3, -0.25) is 4.79 Å².